The van der Waals surface area contributed by atoms with Gasteiger partial charge in [0.25, 0.3) is 0 Å². The zero-order chi connectivity index (χ0) is 12.4. The van der Waals surface area contributed by atoms with Gasteiger partial charge in [-0.25, -0.2) is 4.98 Å². The lowest BCUT2D eigenvalue weighted by Crippen LogP contribution is -2.41. The van der Waals surface area contributed by atoms with Gasteiger partial charge in [0.1, 0.15) is 5.15 Å². The number of aromatic nitrogens is 1. The molecule has 0 amide bonds. The Hall–Kier alpha value is -0.0600. The minimum absolute atomic E-state index is 0. The fraction of sp³-hybridized carbons (Fsp3) is 0.643. The molecule has 6 heteroatoms. The van der Waals surface area contributed by atoms with Crippen molar-refractivity contribution >= 4 is 36.4 Å². The number of hydrogen-bond acceptors (Lipinski definition) is 3. The van der Waals surface area contributed by atoms with Crippen LogP contribution in [-0.2, 0) is 6.54 Å². The maximum atomic E-state index is 5.81. The third kappa shape index (κ3) is 4.22. The fourth-order valence-electron chi connectivity index (χ4n) is 3.30. The van der Waals surface area contributed by atoms with Crippen molar-refractivity contribution in [3.8, 4) is 0 Å². The SMILES string of the molecule is Cl.Cl.Clc1ccc(CN2CCC3(CCCNC3)C2)cn1. The molecule has 2 saturated heterocycles. The van der Waals surface area contributed by atoms with Crippen LogP contribution in [0.5, 0.6) is 0 Å². The second-order valence-corrected chi connectivity index (χ2v) is 6.12. The van der Waals surface area contributed by atoms with Crippen molar-refractivity contribution in [1.29, 1.82) is 0 Å². The van der Waals surface area contributed by atoms with E-state index in [1.165, 1.54) is 51.0 Å². The molecule has 0 aliphatic carbocycles. The standard InChI is InChI=1S/C14H20ClN3.2ClH/c15-13-3-2-12(8-17-13)9-18-7-5-14(11-18)4-1-6-16-10-14;;/h2-3,8,16H,1,4-7,9-11H2;2*1H. The molecule has 3 heterocycles. The van der Waals surface area contributed by atoms with E-state index in [-0.39, 0.29) is 24.8 Å². The van der Waals surface area contributed by atoms with E-state index in [9.17, 15) is 0 Å². The van der Waals surface area contributed by atoms with Crippen LogP contribution < -0.4 is 5.32 Å². The van der Waals surface area contributed by atoms with Crippen LogP contribution in [0.4, 0.5) is 0 Å². The van der Waals surface area contributed by atoms with Gasteiger partial charge in [-0.1, -0.05) is 17.7 Å². The molecule has 1 aromatic rings. The Bertz CT molecular complexity index is 405. The summed E-state index contributed by atoms with van der Waals surface area (Å²) in [6, 6.07) is 3.96. The lowest BCUT2D eigenvalue weighted by Gasteiger charge is -2.34. The molecule has 2 aliphatic rings. The first-order valence-corrected chi connectivity index (χ1v) is 7.17. The summed E-state index contributed by atoms with van der Waals surface area (Å²) >= 11 is 5.81. The van der Waals surface area contributed by atoms with Gasteiger partial charge >= 0.3 is 0 Å². The Morgan fingerprint density at radius 2 is 2.15 bits per heavy atom. The lowest BCUT2D eigenvalue weighted by molar-refractivity contribution is 0.199. The summed E-state index contributed by atoms with van der Waals surface area (Å²) in [6.07, 6.45) is 5.94. The second-order valence-electron chi connectivity index (χ2n) is 5.73. The van der Waals surface area contributed by atoms with E-state index in [0.717, 1.165) is 6.54 Å². The Labute approximate surface area is 138 Å². The van der Waals surface area contributed by atoms with E-state index < -0.39 is 0 Å². The summed E-state index contributed by atoms with van der Waals surface area (Å²) in [5.74, 6) is 0. The normalized spacial score (nSPS) is 26.1. The highest BCUT2D eigenvalue weighted by Gasteiger charge is 2.38. The number of nitrogens with zero attached hydrogens (tertiary/aromatic N) is 2. The van der Waals surface area contributed by atoms with E-state index >= 15 is 0 Å². The largest absolute Gasteiger partial charge is 0.316 e. The minimum Gasteiger partial charge on any atom is -0.316 e. The summed E-state index contributed by atoms with van der Waals surface area (Å²) in [7, 11) is 0. The average molecular weight is 339 g/mol. The molecule has 1 N–H and O–H groups in total. The van der Waals surface area contributed by atoms with Gasteiger partial charge in [-0.05, 0) is 49.4 Å². The molecule has 1 atom stereocenters. The molecule has 0 saturated carbocycles. The molecule has 2 fully saturated rings. The van der Waals surface area contributed by atoms with Crippen LogP contribution in [0.25, 0.3) is 0 Å². The molecule has 3 rings (SSSR count). The quantitative estimate of drug-likeness (QED) is 0.840. The van der Waals surface area contributed by atoms with Crippen LogP contribution in [0.15, 0.2) is 18.3 Å². The summed E-state index contributed by atoms with van der Waals surface area (Å²) in [6.45, 7) is 5.84. The molecule has 0 aromatic carbocycles. The summed E-state index contributed by atoms with van der Waals surface area (Å²) in [5, 5.41) is 4.13. The highest BCUT2D eigenvalue weighted by atomic mass is 35.5. The van der Waals surface area contributed by atoms with E-state index in [4.69, 9.17) is 11.6 Å². The molecular weight excluding hydrogens is 317 g/mol. The number of hydrogen-bond donors (Lipinski definition) is 1. The number of pyridine rings is 1. The number of rotatable bonds is 2. The van der Waals surface area contributed by atoms with Crippen LogP contribution in [0.2, 0.25) is 5.15 Å². The van der Waals surface area contributed by atoms with E-state index in [1.54, 1.807) is 0 Å². The van der Waals surface area contributed by atoms with Crippen molar-refractivity contribution in [3.63, 3.8) is 0 Å². The van der Waals surface area contributed by atoms with Crippen LogP contribution >= 0.6 is 36.4 Å². The summed E-state index contributed by atoms with van der Waals surface area (Å²) in [5.41, 5.74) is 1.80. The Balaban J connectivity index is 0.000001000. The van der Waals surface area contributed by atoms with Gasteiger partial charge in [0.05, 0.1) is 0 Å². The number of piperidine rings is 1. The topological polar surface area (TPSA) is 28.2 Å². The predicted octanol–water partition coefficient (Wildman–Crippen LogP) is 3.15. The van der Waals surface area contributed by atoms with Crippen molar-refractivity contribution < 1.29 is 0 Å². The van der Waals surface area contributed by atoms with Crippen molar-refractivity contribution in [1.82, 2.24) is 15.2 Å². The third-order valence-electron chi connectivity index (χ3n) is 4.27. The van der Waals surface area contributed by atoms with Gasteiger partial charge in [-0.15, -0.1) is 24.8 Å². The first-order chi connectivity index (χ1) is 8.76. The summed E-state index contributed by atoms with van der Waals surface area (Å²) < 4.78 is 0. The van der Waals surface area contributed by atoms with Crippen molar-refractivity contribution in [2.75, 3.05) is 26.2 Å². The van der Waals surface area contributed by atoms with Gasteiger partial charge in [-0.3, -0.25) is 4.90 Å². The molecule has 114 valence electrons. The van der Waals surface area contributed by atoms with Gasteiger partial charge in [0.15, 0.2) is 0 Å². The number of nitrogens with one attached hydrogen (secondary N) is 1. The number of likely N-dealkylation sites (tertiary alicyclic amines) is 1. The Kier molecular flexibility index (Phi) is 7.02. The molecular formula is C14H22Cl3N3. The summed E-state index contributed by atoms with van der Waals surface area (Å²) in [4.78, 5) is 6.71. The smallest absolute Gasteiger partial charge is 0.129 e. The molecule has 0 radical (unpaired) electrons. The Morgan fingerprint density at radius 1 is 1.30 bits per heavy atom. The zero-order valence-corrected chi connectivity index (χ0v) is 13.9. The van der Waals surface area contributed by atoms with Crippen LogP contribution in [0.1, 0.15) is 24.8 Å². The molecule has 0 bridgehead atoms. The van der Waals surface area contributed by atoms with E-state index in [2.05, 4.69) is 21.3 Å². The maximum Gasteiger partial charge on any atom is 0.129 e. The minimum atomic E-state index is 0. The first kappa shape index (κ1) is 18.0. The predicted molar refractivity (Wildman–Crippen MR) is 88.2 cm³/mol. The maximum absolute atomic E-state index is 5.81. The van der Waals surface area contributed by atoms with Gasteiger partial charge in [0.2, 0.25) is 0 Å². The highest BCUT2D eigenvalue weighted by Crippen LogP contribution is 2.36. The molecule has 1 aromatic heterocycles. The number of halogens is 3. The monoisotopic (exact) mass is 337 g/mol. The average Bonchev–Trinajstić information content (AvgIpc) is 2.76. The van der Waals surface area contributed by atoms with Crippen LogP contribution in [0, 0.1) is 5.41 Å². The van der Waals surface area contributed by atoms with E-state index in [0.29, 0.717) is 10.6 Å². The molecule has 20 heavy (non-hydrogen) atoms. The first-order valence-electron chi connectivity index (χ1n) is 6.79. The molecule has 2 aliphatic heterocycles. The van der Waals surface area contributed by atoms with Crippen molar-refractivity contribution in [2.24, 2.45) is 5.41 Å². The molecule has 1 spiro atoms. The van der Waals surface area contributed by atoms with Crippen molar-refractivity contribution in [2.45, 2.75) is 25.8 Å². The van der Waals surface area contributed by atoms with Gasteiger partial charge < -0.3 is 5.32 Å². The second kappa shape index (κ2) is 7.81. The van der Waals surface area contributed by atoms with Gasteiger partial charge in [-0.2, -0.15) is 0 Å². The molecule has 3 nitrogen and oxygen atoms in total. The lowest BCUT2D eigenvalue weighted by atomic mass is 9.80. The van der Waals surface area contributed by atoms with E-state index in [1.807, 2.05) is 12.3 Å². The fourth-order valence-corrected chi connectivity index (χ4v) is 3.41. The Morgan fingerprint density at radius 3 is 2.80 bits per heavy atom. The zero-order valence-electron chi connectivity index (χ0n) is 11.5. The van der Waals surface area contributed by atoms with Crippen molar-refractivity contribution in [3.05, 3.63) is 29.0 Å². The van der Waals surface area contributed by atoms with Crippen LogP contribution in [-0.4, -0.2) is 36.1 Å². The van der Waals surface area contributed by atoms with Gasteiger partial charge in [0, 0.05) is 25.8 Å². The highest BCUT2D eigenvalue weighted by molar-refractivity contribution is 6.29. The van der Waals surface area contributed by atoms with Crippen LogP contribution in [0.3, 0.4) is 0 Å². The molecule has 1 unspecified atom stereocenters. The third-order valence-corrected chi connectivity index (χ3v) is 4.50.